The molecular formula is C16H23NO. The Balaban J connectivity index is 1.86. The Morgan fingerprint density at radius 2 is 1.94 bits per heavy atom. The summed E-state index contributed by atoms with van der Waals surface area (Å²) in [5.41, 5.74) is 6.17. The second-order valence-corrected chi connectivity index (χ2v) is 6.13. The van der Waals surface area contributed by atoms with Crippen molar-refractivity contribution < 1.29 is 4.74 Å². The number of hydrogen-bond acceptors (Lipinski definition) is 2. The van der Waals surface area contributed by atoms with Crippen molar-refractivity contribution in [2.45, 2.75) is 33.6 Å². The summed E-state index contributed by atoms with van der Waals surface area (Å²) in [5, 5.41) is 0. The molecule has 1 aromatic carbocycles. The summed E-state index contributed by atoms with van der Waals surface area (Å²) in [6.07, 6.45) is 2.53. The van der Waals surface area contributed by atoms with Gasteiger partial charge in [-0.3, -0.25) is 0 Å². The zero-order chi connectivity index (χ0) is 12.8. The van der Waals surface area contributed by atoms with Crippen molar-refractivity contribution in [1.82, 2.24) is 0 Å². The van der Waals surface area contributed by atoms with Gasteiger partial charge >= 0.3 is 0 Å². The Hall–Kier alpha value is -1.02. The number of aryl methyl sites for hydroxylation is 1. The Morgan fingerprint density at radius 3 is 2.67 bits per heavy atom. The average Bonchev–Trinajstić information content (AvgIpc) is 2.98. The van der Waals surface area contributed by atoms with Gasteiger partial charge in [-0.2, -0.15) is 0 Å². The lowest BCUT2D eigenvalue weighted by Gasteiger charge is -2.25. The zero-order valence-electron chi connectivity index (χ0n) is 11.8. The lowest BCUT2D eigenvalue weighted by molar-refractivity contribution is 0.160. The van der Waals surface area contributed by atoms with E-state index in [1.165, 1.54) is 48.3 Å². The molecule has 0 N–H and O–H groups in total. The zero-order valence-corrected chi connectivity index (χ0v) is 11.8. The molecule has 18 heavy (non-hydrogen) atoms. The fourth-order valence-electron chi connectivity index (χ4n) is 3.40. The first-order valence-corrected chi connectivity index (χ1v) is 7.01. The maximum absolute atomic E-state index is 5.61. The molecule has 2 aliphatic heterocycles. The molecule has 2 nitrogen and oxygen atoms in total. The van der Waals surface area contributed by atoms with Crippen LogP contribution in [0.15, 0.2) is 12.1 Å². The Bertz CT molecular complexity index is 460. The molecule has 0 saturated carbocycles. The van der Waals surface area contributed by atoms with E-state index in [4.69, 9.17) is 4.74 Å². The molecule has 0 aliphatic carbocycles. The molecule has 1 atom stereocenters. The summed E-state index contributed by atoms with van der Waals surface area (Å²) in [6, 6.07) is 4.56. The Morgan fingerprint density at radius 1 is 1.11 bits per heavy atom. The topological polar surface area (TPSA) is 12.5 Å². The van der Waals surface area contributed by atoms with Crippen molar-refractivity contribution in [2.24, 2.45) is 5.41 Å². The lowest BCUT2D eigenvalue weighted by Crippen LogP contribution is -2.27. The van der Waals surface area contributed by atoms with Crippen LogP contribution in [-0.2, 0) is 4.74 Å². The maximum Gasteiger partial charge on any atom is 0.0540 e. The van der Waals surface area contributed by atoms with Gasteiger partial charge in [0.15, 0.2) is 0 Å². The molecule has 2 heteroatoms. The third-order valence-corrected chi connectivity index (χ3v) is 4.99. The highest BCUT2D eigenvalue weighted by Crippen LogP contribution is 2.41. The molecule has 2 heterocycles. The van der Waals surface area contributed by atoms with Gasteiger partial charge in [0.2, 0.25) is 0 Å². The lowest BCUT2D eigenvalue weighted by atomic mass is 9.87. The van der Waals surface area contributed by atoms with E-state index >= 15 is 0 Å². The van der Waals surface area contributed by atoms with Crippen molar-refractivity contribution in [2.75, 3.05) is 31.2 Å². The Kier molecular flexibility index (Phi) is 2.86. The normalized spacial score (nSPS) is 27.4. The number of ether oxygens (including phenoxy) is 1. The summed E-state index contributed by atoms with van der Waals surface area (Å²) in [4.78, 5) is 2.57. The van der Waals surface area contributed by atoms with Crippen molar-refractivity contribution in [3.05, 3.63) is 28.8 Å². The van der Waals surface area contributed by atoms with E-state index in [9.17, 15) is 0 Å². The first-order chi connectivity index (χ1) is 8.61. The molecule has 1 unspecified atom stereocenters. The maximum atomic E-state index is 5.61. The smallest absolute Gasteiger partial charge is 0.0540 e. The van der Waals surface area contributed by atoms with Gasteiger partial charge in [0, 0.05) is 30.8 Å². The quantitative estimate of drug-likeness (QED) is 0.753. The van der Waals surface area contributed by atoms with Crippen molar-refractivity contribution in [3.8, 4) is 0 Å². The van der Waals surface area contributed by atoms with Crippen LogP contribution in [0.4, 0.5) is 5.69 Å². The molecule has 1 aromatic rings. The molecule has 0 amide bonds. The van der Waals surface area contributed by atoms with Crippen LogP contribution in [0.25, 0.3) is 0 Å². The average molecular weight is 245 g/mol. The molecule has 2 saturated heterocycles. The summed E-state index contributed by atoms with van der Waals surface area (Å²) in [7, 11) is 0. The van der Waals surface area contributed by atoms with Gasteiger partial charge in [-0.05, 0) is 56.4 Å². The second-order valence-electron chi connectivity index (χ2n) is 6.13. The highest BCUT2D eigenvalue weighted by Gasteiger charge is 2.41. The second kappa shape index (κ2) is 4.27. The van der Waals surface area contributed by atoms with E-state index in [2.05, 4.69) is 37.8 Å². The van der Waals surface area contributed by atoms with E-state index in [0.717, 1.165) is 13.2 Å². The molecule has 0 aromatic heterocycles. The van der Waals surface area contributed by atoms with Crippen LogP contribution < -0.4 is 4.90 Å². The molecule has 2 aliphatic rings. The SMILES string of the molecule is Cc1ccc(N2CCC3(CCOC3)C2)c(C)c1C. The van der Waals surface area contributed by atoms with Crippen LogP contribution in [0.3, 0.4) is 0 Å². The molecule has 0 radical (unpaired) electrons. The van der Waals surface area contributed by atoms with E-state index in [1.54, 1.807) is 0 Å². The van der Waals surface area contributed by atoms with Crippen LogP contribution >= 0.6 is 0 Å². The molecular weight excluding hydrogens is 222 g/mol. The first-order valence-electron chi connectivity index (χ1n) is 7.01. The number of rotatable bonds is 1. The predicted octanol–water partition coefficient (Wildman–Crippen LogP) is 3.23. The minimum Gasteiger partial charge on any atom is -0.381 e. The van der Waals surface area contributed by atoms with Crippen molar-refractivity contribution >= 4 is 5.69 Å². The van der Waals surface area contributed by atoms with Crippen LogP contribution in [0.1, 0.15) is 29.5 Å². The molecule has 2 fully saturated rings. The highest BCUT2D eigenvalue weighted by atomic mass is 16.5. The van der Waals surface area contributed by atoms with Crippen LogP contribution in [0.2, 0.25) is 0 Å². The minimum atomic E-state index is 0.450. The summed E-state index contributed by atoms with van der Waals surface area (Å²) in [5.74, 6) is 0. The summed E-state index contributed by atoms with van der Waals surface area (Å²) >= 11 is 0. The summed E-state index contributed by atoms with van der Waals surface area (Å²) < 4.78 is 5.61. The van der Waals surface area contributed by atoms with Crippen molar-refractivity contribution in [3.63, 3.8) is 0 Å². The van der Waals surface area contributed by atoms with Gasteiger partial charge in [0.1, 0.15) is 0 Å². The molecule has 0 bridgehead atoms. The molecule has 98 valence electrons. The number of hydrogen-bond donors (Lipinski definition) is 0. The Labute approximate surface area is 110 Å². The van der Waals surface area contributed by atoms with Crippen molar-refractivity contribution in [1.29, 1.82) is 0 Å². The highest BCUT2D eigenvalue weighted by molar-refractivity contribution is 5.58. The van der Waals surface area contributed by atoms with Crippen LogP contribution in [-0.4, -0.2) is 26.3 Å². The van der Waals surface area contributed by atoms with Gasteiger partial charge in [-0.25, -0.2) is 0 Å². The van der Waals surface area contributed by atoms with Gasteiger partial charge < -0.3 is 9.64 Å². The van der Waals surface area contributed by atoms with Gasteiger partial charge in [0.25, 0.3) is 0 Å². The number of nitrogens with zero attached hydrogens (tertiary/aromatic N) is 1. The van der Waals surface area contributed by atoms with E-state index in [-0.39, 0.29) is 0 Å². The van der Waals surface area contributed by atoms with Gasteiger partial charge in [0.05, 0.1) is 6.61 Å². The third kappa shape index (κ3) is 1.83. The van der Waals surface area contributed by atoms with Crippen LogP contribution in [0, 0.1) is 26.2 Å². The number of anilines is 1. The number of benzene rings is 1. The van der Waals surface area contributed by atoms with E-state index < -0.39 is 0 Å². The molecule has 3 rings (SSSR count). The molecule has 1 spiro atoms. The standard InChI is InChI=1S/C16H23NO/c1-12-4-5-15(14(3)13(12)2)17-8-6-16(10-17)7-9-18-11-16/h4-5H,6-11H2,1-3H3. The van der Waals surface area contributed by atoms with E-state index in [1.807, 2.05) is 0 Å². The monoisotopic (exact) mass is 245 g/mol. The fraction of sp³-hybridized carbons (Fsp3) is 0.625. The third-order valence-electron chi connectivity index (χ3n) is 4.99. The predicted molar refractivity (Wildman–Crippen MR) is 75.4 cm³/mol. The van der Waals surface area contributed by atoms with Gasteiger partial charge in [-0.1, -0.05) is 6.07 Å². The minimum absolute atomic E-state index is 0.450. The first kappa shape index (κ1) is 12.0. The summed E-state index contributed by atoms with van der Waals surface area (Å²) in [6.45, 7) is 11.0. The largest absolute Gasteiger partial charge is 0.381 e. The van der Waals surface area contributed by atoms with Gasteiger partial charge in [-0.15, -0.1) is 0 Å². The van der Waals surface area contributed by atoms with E-state index in [0.29, 0.717) is 5.41 Å². The van der Waals surface area contributed by atoms with Crippen LogP contribution in [0.5, 0.6) is 0 Å². The fourth-order valence-corrected chi connectivity index (χ4v) is 3.40.